The zero-order valence-corrected chi connectivity index (χ0v) is 11.0. The molecule has 0 radical (unpaired) electrons. The van der Waals surface area contributed by atoms with Crippen molar-refractivity contribution in [3.63, 3.8) is 0 Å². The molecule has 2 heterocycles. The second kappa shape index (κ2) is 5.21. The van der Waals surface area contributed by atoms with Crippen molar-refractivity contribution in [1.82, 2.24) is 4.98 Å². The van der Waals surface area contributed by atoms with E-state index in [-0.39, 0.29) is 0 Å². The van der Waals surface area contributed by atoms with Crippen LogP contribution in [-0.2, 0) is 0 Å². The fraction of sp³-hybridized carbons (Fsp3) is 0.727. The molecule has 1 N–H and O–H groups in total. The van der Waals surface area contributed by atoms with Crippen molar-refractivity contribution in [2.24, 2.45) is 0 Å². The molecule has 1 aliphatic heterocycles. The minimum absolute atomic E-state index is 0.795. The van der Waals surface area contributed by atoms with Crippen LogP contribution in [0.25, 0.3) is 0 Å². The summed E-state index contributed by atoms with van der Waals surface area (Å²) in [7, 11) is 0. The number of anilines is 1. The Morgan fingerprint density at radius 3 is 2.87 bits per heavy atom. The second-order valence-electron chi connectivity index (χ2n) is 4.03. The van der Waals surface area contributed by atoms with Crippen molar-refractivity contribution < 1.29 is 0 Å². The van der Waals surface area contributed by atoms with Gasteiger partial charge in [-0.15, -0.1) is 11.3 Å². The van der Waals surface area contributed by atoms with Crippen LogP contribution in [0.2, 0.25) is 0 Å². The third-order valence-electron chi connectivity index (χ3n) is 2.78. The molecule has 1 aromatic rings. The van der Waals surface area contributed by atoms with Crippen molar-refractivity contribution in [1.29, 1.82) is 0 Å². The van der Waals surface area contributed by atoms with Crippen LogP contribution in [0.5, 0.6) is 0 Å². The minimum Gasteiger partial charge on any atom is -0.360 e. The van der Waals surface area contributed by atoms with Gasteiger partial charge in [0.05, 0.1) is 5.69 Å². The van der Waals surface area contributed by atoms with Crippen LogP contribution in [-0.4, -0.2) is 22.5 Å². The number of thiazole rings is 1. The second-order valence-corrected chi connectivity index (χ2v) is 6.64. The van der Waals surface area contributed by atoms with Crippen LogP contribution in [0.3, 0.4) is 0 Å². The van der Waals surface area contributed by atoms with Gasteiger partial charge in [-0.2, -0.15) is 11.8 Å². The molecule has 1 atom stereocenters. The molecule has 1 unspecified atom stereocenters. The van der Waals surface area contributed by atoms with E-state index in [1.807, 2.05) is 0 Å². The van der Waals surface area contributed by atoms with E-state index in [4.69, 9.17) is 0 Å². The number of nitrogens with one attached hydrogen (secondary N) is 1. The van der Waals surface area contributed by atoms with Crippen LogP contribution < -0.4 is 5.32 Å². The van der Waals surface area contributed by atoms with Gasteiger partial charge in [0, 0.05) is 16.7 Å². The summed E-state index contributed by atoms with van der Waals surface area (Å²) in [5, 5.41) is 5.35. The van der Waals surface area contributed by atoms with E-state index >= 15 is 0 Å². The Bertz CT molecular complexity index is 297. The van der Waals surface area contributed by atoms with Gasteiger partial charge < -0.3 is 5.32 Å². The van der Waals surface area contributed by atoms with Gasteiger partial charge in [-0.05, 0) is 32.4 Å². The summed E-state index contributed by atoms with van der Waals surface area (Å²) in [6.45, 7) is 5.29. The smallest absolute Gasteiger partial charge is 0.183 e. The van der Waals surface area contributed by atoms with E-state index < -0.39 is 0 Å². The van der Waals surface area contributed by atoms with E-state index in [1.54, 1.807) is 11.3 Å². The third-order valence-corrected chi connectivity index (χ3v) is 5.21. The Morgan fingerprint density at radius 1 is 1.40 bits per heavy atom. The number of hydrogen-bond acceptors (Lipinski definition) is 4. The molecule has 1 aromatic heterocycles. The lowest BCUT2D eigenvalue weighted by Gasteiger charge is -2.21. The molecule has 4 heteroatoms. The highest BCUT2D eigenvalue weighted by atomic mass is 32.2. The zero-order chi connectivity index (χ0) is 10.7. The molecular weight excluding hydrogens is 224 g/mol. The van der Waals surface area contributed by atoms with Crippen LogP contribution in [0.1, 0.15) is 29.8 Å². The number of aryl methyl sites for hydroxylation is 2. The molecule has 2 nitrogen and oxygen atoms in total. The molecule has 2 rings (SSSR count). The summed E-state index contributed by atoms with van der Waals surface area (Å²) in [5.74, 6) is 1.34. The topological polar surface area (TPSA) is 24.9 Å². The highest BCUT2D eigenvalue weighted by Crippen LogP contribution is 2.26. The molecule has 1 aliphatic rings. The summed E-state index contributed by atoms with van der Waals surface area (Å²) < 4.78 is 0. The number of thioether (sulfide) groups is 1. The summed E-state index contributed by atoms with van der Waals surface area (Å²) in [6.07, 6.45) is 4.16. The number of aromatic nitrogens is 1. The Kier molecular flexibility index (Phi) is 3.92. The van der Waals surface area contributed by atoms with E-state index in [9.17, 15) is 0 Å². The van der Waals surface area contributed by atoms with Crippen LogP contribution in [0.15, 0.2) is 0 Å². The van der Waals surface area contributed by atoms with Crippen molar-refractivity contribution in [3.8, 4) is 0 Å². The molecule has 84 valence electrons. The van der Waals surface area contributed by atoms with Gasteiger partial charge in [-0.25, -0.2) is 4.98 Å². The molecule has 0 aromatic carbocycles. The summed E-state index contributed by atoms with van der Waals surface area (Å²) in [6, 6.07) is 0. The molecular formula is C11H18N2S2. The summed E-state index contributed by atoms with van der Waals surface area (Å²) >= 11 is 3.88. The Morgan fingerprint density at radius 2 is 2.27 bits per heavy atom. The van der Waals surface area contributed by atoms with Gasteiger partial charge in [0.1, 0.15) is 0 Å². The Labute approximate surface area is 99.9 Å². The minimum atomic E-state index is 0.795. The number of nitrogens with zero attached hydrogens (tertiary/aromatic N) is 1. The van der Waals surface area contributed by atoms with E-state index in [0.29, 0.717) is 0 Å². The molecule has 0 saturated carbocycles. The van der Waals surface area contributed by atoms with Crippen LogP contribution in [0, 0.1) is 13.8 Å². The summed E-state index contributed by atoms with van der Waals surface area (Å²) in [4.78, 5) is 5.82. The standard InChI is InChI=1S/C11H18N2S2/c1-8-9(2)15-11(13-8)12-7-10-5-3-4-6-14-10/h10H,3-7H2,1-2H3,(H,12,13). The monoisotopic (exact) mass is 242 g/mol. The van der Waals surface area contributed by atoms with Gasteiger partial charge in [-0.3, -0.25) is 0 Å². The molecule has 15 heavy (non-hydrogen) atoms. The van der Waals surface area contributed by atoms with Crippen molar-refractivity contribution in [2.45, 2.75) is 38.4 Å². The predicted octanol–water partition coefficient (Wildman–Crippen LogP) is 3.46. The number of rotatable bonds is 3. The molecule has 0 bridgehead atoms. The van der Waals surface area contributed by atoms with Crippen molar-refractivity contribution in [3.05, 3.63) is 10.6 Å². The summed E-state index contributed by atoms with van der Waals surface area (Å²) in [5.41, 5.74) is 1.17. The van der Waals surface area contributed by atoms with Crippen LogP contribution in [0.4, 0.5) is 5.13 Å². The average molecular weight is 242 g/mol. The van der Waals surface area contributed by atoms with Crippen LogP contribution >= 0.6 is 23.1 Å². The highest BCUT2D eigenvalue weighted by molar-refractivity contribution is 7.99. The largest absolute Gasteiger partial charge is 0.360 e. The maximum absolute atomic E-state index is 4.49. The fourth-order valence-electron chi connectivity index (χ4n) is 1.72. The molecule has 0 amide bonds. The van der Waals surface area contributed by atoms with E-state index in [0.717, 1.165) is 16.9 Å². The first-order valence-corrected chi connectivity index (χ1v) is 7.42. The first kappa shape index (κ1) is 11.3. The SMILES string of the molecule is Cc1nc(NCC2CCCCS2)sc1C. The first-order chi connectivity index (χ1) is 7.25. The molecule has 1 fully saturated rings. The van der Waals surface area contributed by atoms with Crippen molar-refractivity contribution >= 4 is 28.2 Å². The lowest BCUT2D eigenvalue weighted by Crippen LogP contribution is -2.19. The number of hydrogen-bond donors (Lipinski definition) is 1. The predicted molar refractivity (Wildman–Crippen MR) is 70.2 cm³/mol. The fourth-order valence-corrected chi connectivity index (χ4v) is 3.78. The lowest BCUT2D eigenvalue weighted by molar-refractivity contribution is 0.677. The first-order valence-electron chi connectivity index (χ1n) is 5.55. The molecule has 1 saturated heterocycles. The third kappa shape index (κ3) is 3.11. The van der Waals surface area contributed by atoms with Gasteiger partial charge in [0.2, 0.25) is 0 Å². The van der Waals surface area contributed by atoms with E-state index in [1.165, 1.54) is 35.6 Å². The lowest BCUT2D eigenvalue weighted by atomic mass is 10.2. The molecule has 0 spiro atoms. The molecule has 0 aliphatic carbocycles. The quantitative estimate of drug-likeness (QED) is 0.878. The van der Waals surface area contributed by atoms with Gasteiger partial charge in [-0.1, -0.05) is 6.42 Å². The Balaban J connectivity index is 1.81. The van der Waals surface area contributed by atoms with Gasteiger partial charge in [0.25, 0.3) is 0 Å². The maximum Gasteiger partial charge on any atom is 0.183 e. The maximum atomic E-state index is 4.49. The van der Waals surface area contributed by atoms with Gasteiger partial charge in [0.15, 0.2) is 5.13 Å². The highest BCUT2D eigenvalue weighted by Gasteiger charge is 2.14. The Hall–Kier alpha value is -0.220. The van der Waals surface area contributed by atoms with Crippen molar-refractivity contribution in [2.75, 3.05) is 17.6 Å². The van der Waals surface area contributed by atoms with Gasteiger partial charge >= 0.3 is 0 Å². The van der Waals surface area contributed by atoms with E-state index in [2.05, 4.69) is 35.9 Å². The normalized spacial score (nSPS) is 21.6. The average Bonchev–Trinajstić information content (AvgIpc) is 2.57. The zero-order valence-electron chi connectivity index (χ0n) is 9.38.